The lowest BCUT2D eigenvalue weighted by Gasteiger charge is -2.19. The van der Waals surface area contributed by atoms with E-state index in [0.29, 0.717) is 0 Å². The molecule has 2 nitrogen and oxygen atoms in total. The van der Waals surface area contributed by atoms with Crippen molar-refractivity contribution in [1.82, 2.24) is 9.97 Å². The van der Waals surface area contributed by atoms with Gasteiger partial charge < -0.3 is 0 Å². The zero-order valence-corrected chi connectivity index (χ0v) is 30.3. The van der Waals surface area contributed by atoms with E-state index in [9.17, 15) is 0 Å². The predicted octanol–water partition coefficient (Wildman–Crippen LogP) is 12.3. The number of rotatable bonds is 2. The number of aromatic nitrogens is 2. The summed E-state index contributed by atoms with van der Waals surface area (Å²) in [6.45, 7) is 13.6. The summed E-state index contributed by atoms with van der Waals surface area (Å²) in [7, 11) is 0. The SMILES string of the molecule is CC(C)(C)c1ccc(-c2sc(-c3ccc(C(C)(C)C)cc3)c3nc4c5cc(I)ccc5c5ccc(I)cc5c4nc23)cc1. The highest BCUT2D eigenvalue weighted by molar-refractivity contribution is 14.1. The third-order valence-corrected chi connectivity index (χ3v) is 10.9. The molecule has 7 rings (SSSR count). The molecule has 0 fully saturated rings. The van der Waals surface area contributed by atoms with Crippen LogP contribution >= 0.6 is 56.5 Å². The zero-order valence-electron chi connectivity index (χ0n) is 25.1. The molecule has 0 N–H and O–H groups in total. The number of thiophene rings is 1. The number of halogens is 2. The van der Waals surface area contributed by atoms with Crippen LogP contribution in [0.5, 0.6) is 0 Å². The number of fused-ring (bicyclic) bond motifs is 7. The van der Waals surface area contributed by atoms with Crippen LogP contribution in [0.1, 0.15) is 52.7 Å². The molecule has 5 heteroatoms. The molecule has 0 bridgehead atoms. The smallest absolute Gasteiger partial charge is 0.109 e. The molecule has 214 valence electrons. The van der Waals surface area contributed by atoms with Gasteiger partial charge in [0.25, 0.3) is 0 Å². The second-order valence-electron chi connectivity index (χ2n) is 13.4. The Balaban J connectivity index is 1.59. The first-order valence-electron chi connectivity index (χ1n) is 14.5. The number of hydrogen-bond donors (Lipinski definition) is 0. The average Bonchev–Trinajstić information content (AvgIpc) is 3.34. The van der Waals surface area contributed by atoms with Crippen molar-refractivity contribution in [3.8, 4) is 20.9 Å². The molecule has 0 amide bonds. The highest BCUT2D eigenvalue weighted by atomic mass is 127. The molecule has 5 aromatic carbocycles. The Hall–Kier alpha value is -2.62. The van der Waals surface area contributed by atoms with Crippen LogP contribution in [0.2, 0.25) is 0 Å². The van der Waals surface area contributed by atoms with Crippen LogP contribution in [-0.4, -0.2) is 9.97 Å². The molecule has 2 aromatic heterocycles. The van der Waals surface area contributed by atoms with Crippen molar-refractivity contribution in [3.63, 3.8) is 0 Å². The van der Waals surface area contributed by atoms with Gasteiger partial charge in [-0.05, 0) is 113 Å². The van der Waals surface area contributed by atoms with Crippen LogP contribution in [0.25, 0.3) is 64.5 Å². The second-order valence-corrected chi connectivity index (χ2v) is 16.9. The maximum atomic E-state index is 5.52. The zero-order chi connectivity index (χ0) is 30.3. The molecule has 0 spiro atoms. The fourth-order valence-electron chi connectivity index (χ4n) is 5.86. The van der Waals surface area contributed by atoms with Crippen molar-refractivity contribution in [1.29, 1.82) is 0 Å². The highest BCUT2D eigenvalue weighted by Crippen LogP contribution is 2.45. The van der Waals surface area contributed by atoms with Gasteiger partial charge in [0.15, 0.2) is 0 Å². The third kappa shape index (κ3) is 5.15. The van der Waals surface area contributed by atoms with E-state index >= 15 is 0 Å². The van der Waals surface area contributed by atoms with E-state index in [1.807, 2.05) is 0 Å². The van der Waals surface area contributed by atoms with Gasteiger partial charge in [-0.1, -0.05) is 102 Å². The van der Waals surface area contributed by atoms with Gasteiger partial charge in [0, 0.05) is 17.9 Å². The van der Waals surface area contributed by atoms with Gasteiger partial charge in [0.05, 0.1) is 20.8 Å². The monoisotopic (exact) mass is 802 g/mol. The van der Waals surface area contributed by atoms with Crippen LogP contribution in [0.4, 0.5) is 0 Å². The Bertz CT molecular complexity index is 2040. The van der Waals surface area contributed by atoms with Gasteiger partial charge in [-0.3, -0.25) is 0 Å². The fourth-order valence-corrected chi connectivity index (χ4v) is 8.03. The standard InChI is InChI=1S/C38H32I2N2S/c1-37(2,3)23-11-7-21(8-12-23)35-33-34(36(43-35)22-9-13-24(14-10-22)38(4,5)6)42-32-30-20-26(40)16-18-28(30)27-17-15-25(39)19-29(27)31(32)41-33/h7-20H,1-6H3. The van der Waals surface area contributed by atoms with Crippen molar-refractivity contribution >= 4 is 100 Å². The minimum Gasteiger partial charge on any atom is -0.242 e. The summed E-state index contributed by atoms with van der Waals surface area (Å²) in [5.41, 5.74) is 9.10. The third-order valence-electron chi connectivity index (χ3n) is 8.32. The summed E-state index contributed by atoms with van der Waals surface area (Å²) in [6, 6.07) is 31.4. The minimum atomic E-state index is 0.0979. The molecular formula is C38H32I2N2S. The average molecular weight is 803 g/mol. The van der Waals surface area contributed by atoms with E-state index in [0.717, 1.165) is 32.8 Å². The van der Waals surface area contributed by atoms with Crippen molar-refractivity contribution in [3.05, 3.63) is 103 Å². The second kappa shape index (κ2) is 10.5. The van der Waals surface area contributed by atoms with Gasteiger partial charge in [0.1, 0.15) is 11.0 Å². The maximum Gasteiger partial charge on any atom is 0.109 e. The number of benzene rings is 5. The molecule has 7 aromatic rings. The van der Waals surface area contributed by atoms with Gasteiger partial charge in [-0.25, -0.2) is 9.97 Å². The normalized spacial score (nSPS) is 12.7. The lowest BCUT2D eigenvalue weighted by atomic mass is 9.86. The largest absolute Gasteiger partial charge is 0.242 e. The molecule has 0 radical (unpaired) electrons. The molecule has 0 saturated carbocycles. The van der Waals surface area contributed by atoms with Crippen LogP contribution < -0.4 is 0 Å². The molecular weight excluding hydrogens is 770 g/mol. The molecule has 0 aliphatic rings. The van der Waals surface area contributed by atoms with Crippen molar-refractivity contribution in [2.75, 3.05) is 0 Å². The van der Waals surface area contributed by atoms with Crippen LogP contribution in [-0.2, 0) is 10.8 Å². The summed E-state index contributed by atoms with van der Waals surface area (Å²) in [4.78, 5) is 13.4. The number of nitrogens with zero attached hydrogens (tertiary/aromatic N) is 2. The summed E-state index contributed by atoms with van der Waals surface area (Å²) >= 11 is 6.62. The van der Waals surface area contributed by atoms with Gasteiger partial charge >= 0.3 is 0 Å². The van der Waals surface area contributed by atoms with Gasteiger partial charge in [0.2, 0.25) is 0 Å². The van der Waals surface area contributed by atoms with Gasteiger partial charge in [-0.15, -0.1) is 11.3 Å². The molecule has 0 atom stereocenters. The molecule has 0 aliphatic heterocycles. The molecule has 0 unspecified atom stereocenters. The Labute approximate surface area is 284 Å². The first-order valence-corrected chi connectivity index (χ1v) is 17.5. The van der Waals surface area contributed by atoms with E-state index in [4.69, 9.17) is 9.97 Å². The van der Waals surface area contributed by atoms with Gasteiger partial charge in [-0.2, -0.15) is 0 Å². The van der Waals surface area contributed by atoms with Crippen molar-refractivity contribution in [2.24, 2.45) is 0 Å². The van der Waals surface area contributed by atoms with E-state index in [1.165, 1.54) is 49.9 Å². The molecule has 43 heavy (non-hydrogen) atoms. The first kappa shape index (κ1) is 29.1. The van der Waals surface area contributed by atoms with E-state index in [-0.39, 0.29) is 10.8 Å². The fraction of sp³-hybridized carbons (Fsp3) is 0.211. The lowest BCUT2D eigenvalue weighted by Crippen LogP contribution is -2.10. The molecule has 0 saturated heterocycles. The van der Waals surface area contributed by atoms with Crippen LogP contribution in [0.3, 0.4) is 0 Å². The summed E-state index contributed by atoms with van der Waals surface area (Å²) in [5.74, 6) is 0. The quantitative estimate of drug-likeness (QED) is 0.129. The van der Waals surface area contributed by atoms with Crippen molar-refractivity contribution in [2.45, 2.75) is 52.4 Å². The number of hydrogen-bond acceptors (Lipinski definition) is 3. The summed E-state index contributed by atoms with van der Waals surface area (Å²) < 4.78 is 2.39. The Morgan fingerprint density at radius 2 is 0.837 bits per heavy atom. The van der Waals surface area contributed by atoms with Crippen LogP contribution in [0, 0.1) is 7.14 Å². The topological polar surface area (TPSA) is 25.8 Å². The lowest BCUT2D eigenvalue weighted by molar-refractivity contribution is 0.590. The summed E-state index contributed by atoms with van der Waals surface area (Å²) in [5, 5.41) is 4.75. The van der Waals surface area contributed by atoms with Crippen LogP contribution in [0.15, 0.2) is 84.9 Å². The molecule has 0 aliphatic carbocycles. The van der Waals surface area contributed by atoms with Crippen molar-refractivity contribution < 1.29 is 0 Å². The highest BCUT2D eigenvalue weighted by Gasteiger charge is 2.22. The van der Waals surface area contributed by atoms with E-state index in [2.05, 4.69) is 172 Å². The predicted molar refractivity (Wildman–Crippen MR) is 204 cm³/mol. The van der Waals surface area contributed by atoms with E-state index in [1.54, 1.807) is 11.3 Å². The summed E-state index contributed by atoms with van der Waals surface area (Å²) in [6.07, 6.45) is 0. The maximum absolute atomic E-state index is 5.52. The first-order chi connectivity index (χ1) is 20.4. The Kier molecular flexibility index (Phi) is 7.10. The molecule has 2 heterocycles. The van der Waals surface area contributed by atoms with E-state index < -0.39 is 0 Å². The minimum absolute atomic E-state index is 0.0979. The Morgan fingerprint density at radius 3 is 1.19 bits per heavy atom. The Morgan fingerprint density at radius 1 is 0.465 bits per heavy atom.